The Morgan fingerprint density at radius 1 is 1.21 bits per heavy atom. The molecule has 0 saturated carbocycles. The number of pyridine rings is 1. The third-order valence-corrected chi connectivity index (χ3v) is 5.30. The zero-order valence-electron chi connectivity index (χ0n) is 15.9. The van der Waals surface area contributed by atoms with Crippen LogP contribution in [-0.2, 0) is 18.2 Å². The molecule has 0 N–H and O–H groups in total. The number of morpholine rings is 1. The molecule has 0 bridgehead atoms. The number of rotatable bonds is 3. The number of hydrogen-bond acceptors (Lipinski definition) is 6. The van der Waals surface area contributed by atoms with Gasteiger partial charge in [-0.05, 0) is 6.07 Å². The Kier molecular flexibility index (Phi) is 4.54. The maximum atomic E-state index is 12.8. The molecule has 1 spiro atoms. The first-order valence-electron chi connectivity index (χ1n) is 9.24. The molecule has 0 aromatic carbocycles. The summed E-state index contributed by atoms with van der Waals surface area (Å²) in [4.78, 5) is 44.6. The molecule has 2 aliphatic heterocycles. The van der Waals surface area contributed by atoms with Crippen LogP contribution in [0.5, 0.6) is 0 Å². The highest BCUT2D eigenvalue weighted by Crippen LogP contribution is 2.31. The number of oxazole rings is 1. The van der Waals surface area contributed by atoms with Crippen molar-refractivity contribution < 1.29 is 18.7 Å². The SMILES string of the molecule is CCc1ocnc1C(=O)N1CC2(CN(C(=O)c3ccn(C)c(=O)c3)CCO2)C1. The van der Waals surface area contributed by atoms with Crippen molar-refractivity contribution in [2.24, 2.45) is 7.05 Å². The summed E-state index contributed by atoms with van der Waals surface area (Å²) in [7, 11) is 1.64. The van der Waals surface area contributed by atoms with Gasteiger partial charge in [0.05, 0.1) is 26.2 Å². The summed E-state index contributed by atoms with van der Waals surface area (Å²) in [6.45, 7) is 3.91. The summed E-state index contributed by atoms with van der Waals surface area (Å²) in [6.07, 6.45) is 3.46. The molecule has 2 fully saturated rings. The lowest BCUT2D eigenvalue weighted by molar-refractivity contribution is -0.164. The van der Waals surface area contributed by atoms with Crippen molar-refractivity contribution in [2.45, 2.75) is 18.9 Å². The second kappa shape index (κ2) is 6.90. The normalized spacial score (nSPS) is 18.2. The number of amides is 2. The summed E-state index contributed by atoms with van der Waals surface area (Å²) < 4.78 is 12.6. The van der Waals surface area contributed by atoms with Gasteiger partial charge in [-0.15, -0.1) is 0 Å². The van der Waals surface area contributed by atoms with E-state index in [1.807, 2.05) is 6.92 Å². The number of carbonyl (C=O) groups is 2. The van der Waals surface area contributed by atoms with E-state index in [0.29, 0.717) is 56.2 Å². The lowest BCUT2D eigenvalue weighted by Crippen LogP contribution is -2.71. The largest absolute Gasteiger partial charge is 0.448 e. The predicted octanol–water partition coefficient (Wildman–Crippen LogP) is 0.303. The third kappa shape index (κ3) is 3.11. The molecule has 2 aromatic heterocycles. The van der Waals surface area contributed by atoms with Crippen LogP contribution in [0, 0.1) is 0 Å². The van der Waals surface area contributed by atoms with Crippen molar-refractivity contribution in [3.8, 4) is 0 Å². The molecule has 148 valence electrons. The fourth-order valence-corrected chi connectivity index (χ4v) is 3.71. The molecule has 2 aromatic rings. The fraction of sp³-hybridized carbons (Fsp3) is 0.474. The lowest BCUT2D eigenvalue weighted by Gasteiger charge is -2.53. The van der Waals surface area contributed by atoms with Crippen LogP contribution in [0.4, 0.5) is 0 Å². The Balaban J connectivity index is 1.43. The Morgan fingerprint density at radius 2 is 1.96 bits per heavy atom. The smallest absolute Gasteiger partial charge is 0.276 e. The molecule has 9 nitrogen and oxygen atoms in total. The zero-order valence-corrected chi connectivity index (χ0v) is 15.9. The minimum Gasteiger partial charge on any atom is -0.448 e. The number of likely N-dealkylation sites (tertiary alicyclic amines) is 1. The van der Waals surface area contributed by atoms with E-state index in [1.54, 1.807) is 29.1 Å². The molecule has 0 atom stereocenters. The van der Waals surface area contributed by atoms with Gasteiger partial charge in [0.15, 0.2) is 12.1 Å². The minimum absolute atomic E-state index is 0.185. The maximum absolute atomic E-state index is 12.8. The lowest BCUT2D eigenvalue weighted by atomic mass is 9.91. The Hall–Kier alpha value is -2.94. The van der Waals surface area contributed by atoms with Gasteiger partial charge in [0.1, 0.15) is 11.4 Å². The molecule has 4 rings (SSSR count). The van der Waals surface area contributed by atoms with Gasteiger partial charge in [-0.2, -0.15) is 0 Å². The van der Waals surface area contributed by atoms with E-state index in [4.69, 9.17) is 9.15 Å². The number of nitrogens with zero attached hydrogens (tertiary/aromatic N) is 4. The van der Waals surface area contributed by atoms with E-state index >= 15 is 0 Å². The molecule has 28 heavy (non-hydrogen) atoms. The fourth-order valence-electron chi connectivity index (χ4n) is 3.71. The molecular weight excluding hydrogens is 364 g/mol. The highest BCUT2D eigenvalue weighted by molar-refractivity contribution is 5.95. The highest BCUT2D eigenvalue weighted by atomic mass is 16.5. The minimum atomic E-state index is -0.570. The van der Waals surface area contributed by atoms with E-state index in [1.165, 1.54) is 17.0 Å². The van der Waals surface area contributed by atoms with Gasteiger partial charge in [0, 0.05) is 37.8 Å². The third-order valence-electron chi connectivity index (χ3n) is 5.30. The van der Waals surface area contributed by atoms with Crippen LogP contribution < -0.4 is 5.56 Å². The monoisotopic (exact) mass is 386 g/mol. The molecule has 2 amide bonds. The van der Waals surface area contributed by atoms with Crippen LogP contribution in [0.3, 0.4) is 0 Å². The van der Waals surface area contributed by atoms with Crippen LogP contribution in [0.25, 0.3) is 0 Å². The first-order valence-corrected chi connectivity index (χ1v) is 9.24. The summed E-state index contributed by atoms with van der Waals surface area (Å²) >= 11 is 0. The van der Waals surface area contributed by atoms with Crippen molar-refractivity contribution >= 4 is 11.8 Å². The number of aromatic nitrogens is 2. The van der Waals surface area contributed by atoms with Gasteiger partial charge in [0.25, 0.3) is 17.4 Å². The Labute approximate surface area is 161 Å². The first-order chi connectivity index (χ1) is 13.4. The summed E-state index contributed by atoms with van der Waals surface area (Å²) in [5.41, 5.74) is -0.100. The van der Waals surface area contributed by atoms with Gasteiger partial charge in [-0.1, -0.05) is 6.92 Å². The highest BCUT2D eigenvalue weighted by Gasteiger charge is 2.50. The number of hydrogen-bond donors (Lipinski definition) is 0. The molecule has 0 unspecified atom stereocenters. The van der Waals surface area contributed by atoms with Crippen LogP contribution in [-0.4, -0.2) is 69.6 Å². The molecule has 9 heteroatoms. The first kappa shape index (κ1) is 18.4. The van der Waals surface area contributed by atoms with Gasteiger partial charge >= 0.3 is 0 Å². The van der Waals surface area contributed by atoms with E-state index in [-0.39, 0.29) is 17.4 Å². The zero-order chi connectivity index (χ0) is 19.9. The molecule has 4 heterocycles. The molecule has 2 aliphatic rings. The van der Waals surface area contributed by atoms with Crippen LogP contribution in [0.15, 0.2) is 33.9 Å². The topological polar surface area (TPSA) is 97.9 Å². The number of carbonyl (C=O) groups excluding carboxylic acids is 2. The number of ether oxygens (including phenoxy) is 1. The van der Waals surface area contributed by atoms with Gasteiger partial charge in [-0.3, -0.25) is 14.4 Å². The molecular formula is C19H22N4O5. The van der Waals surface area contributed by atoms with Crippen molar-refractivity contribution in [2.75, 3.05) is 32.8 Å². The van der Waals surface area contributed by atoms with E-state index in [0.717, 1.165) is 0 Å². The summed E-state index contributed by atoms with van der Waals surface area (Å²) in [5, 5.41) is 0. The molecule has 0 radical (unpaired) electrons. The van der Waals surface area contributed by atoms with Crippen molar-refractivity contribution in [1.29, 1.82) is 0 Å². The average molecular weight is 386 g/mol. The summed E-state index contributed by atoms with van der Waals surface area (Å²) in [6, 6.07) is 2.98. The second-order valence-corrected chi connectivity index (χ2v) is 7.26. The van der Waals surface area contributed by atoms with E-state index < -0.39 is 5.60 Å². The Bertz CT molecular complexity index is 973. The van der Waals surface area contributed by atoms with Gasteiger partial charge in [0.2, 0.25) is 0 Å². The van der Waals surface area contributed by atoms with E-state index in [9.17, 15) is 14.4 Å². The molecule has 0 aliphatic carbocycles. The maximum Gasteiger partial charge on any atom is 0.276 e. The van der Waals surface area contributed by atoms with Crippen molar-refractivity contribution in [3.05, 3.63) is 52.1 Å². The van der Waals surface area contributed by atoms with Crippen LogP contribution in [0.2, 0.25) is 0 Å². The van der Waals surface area contributed by atoms with Gasteiger partial charge < -0.3 is 23.5 Å². The standard InChI is InChI=1S/C19H22N4O5/c1-3-14-16(20-12-27-14)18(26)23-10-19(11-23)9-22(6-7-28-19)17(25)13-4-5-21(2)15(24)8-13/h4-5,8,12H,3,6-7,9-11H2,1-2H3. The predicted molar refractivity (Wildman–Crippen MR) is 98.1 cm³/mol. The van der Waals surface area contributed by atoms with E-state index in [2.05, 4.69) is 4.98 Å². The van der Waals surface area contributed by atoms with Crippen LogP contribution >= 0.6 is 0 Å². The second-order valence-electron chi connectivity index (χ2n) is 7.26. The Morgan fingerprint density at radius 3 is 2.68 bits per heavy atom. The van der Waals surface area contributed by atoms with Crippen molar-refractivity contribution in [1.82, 2.24) is 19.4 Å². The van der Waals surface area contributed by atoms with Gasteiger partial charge in [-0.25, -0.2) is 4.98 Å². The average Bonchev–Trinajstić information content (AvgIpc) is 3.16. The van der Waals surface area contributed by atoms with Crippen LogP contribution in [0.1, 0.15) is 33.5 Å². The quantitative estimate of drug-likeness (QED) is 0.753. The van der Waals surface area contributed by atoms with Crippen molar-refractivity contribution in [3.63, 3.8) is 0 Å². The number of aryl methyl sites for hydroxylation is 2. The summed E-state index contributed by atoms with van der Waals surface area (Å²) in [5.74, 6) is 0.183. The molecule has 2 saturated heterocycles.